The topological polar surface area (TPSA) is 75.3 Å². The summed E-state index contributed by atoms with van der Waals surface area (Å²) in [7, 11) is -3.71. The molecule has 0 heterocycles. The van der Waals surface area contributed by atoms with E-state index in [4.69, 9.17) is 0 Å². The number of benzene rings is 2. The number of sulfonamides is 1. The average molecular weight is 318 g/mol. The SMILES string of the molecule is Cc1ccc(NC(=O)[C@@H](C)NS(=O)(=O)c2ccccc2)cc1. The molecule has 2 N–H and O–H groups in total. The Kier molecular flexibility index (Phi) is 4.95. The predicted octanol–water partition coefficient (Wildman–Crippen LogP) is 2.30. The van der Waals surface area contributed by atoms with Crippen molar-refractivity contribution in [1.29, 1.82) is 0 Å². The molecule has 0 unspecified atom stereocenters. The van der Waals surface area contributed by atoms with Gasteiger partial charge in [0.1, 0.15) is 0 Å². The van der Waals surface area contributed by atoms with E-state index in [1.807, 2.05) is 19.1 Å². The lowest BCUT2D eigenvalue weighted by atomic mass is 10.2. The molecule has 5 nitrogen and oxygen atoms in total. The van der Waals surface area contributed by atoms with Gasteiger partial charge in [0.25, 0.3) is 0 Å². The van der Waals surface area contributed by atoms with Crippen LogP contribution in [0.3, 0.4) is 0 Å². The van der Waals surface area contributed by atoms with Crippen LogP contribution in [0.1, 0.15) is 12.5 Å². The van der Waals surface area contributed by atoms with Crippen molar-refractivity contribution in [3.8, 4) is 0 Å². The monoisotopic (exact) mass is 318 g/mol. The molecule has 116 valence electrons. The van der Waals surface area contributed by atoms with Crippen LogP contribution in [0, 0.1) is 6.92 Å². The summed E-state index contributed by atoms with van der Waals surface area (Å²) < 4.78 is 26.7. The summed E-state index contributed by atoms with van der Waals surface area (Å²) in [4.78, 5) is 12.2. The molecule has 0 saturated heterocycles. The first kappa shape index (κ1) is 16.2. The van der Waals surface area contributed by atoms with E-state index in [0.29, 0.717) is 5.69 Å². The summed E-state index contributed by atoms with van der Waals surface area (Å²) >= 11 is 0. The van der Waals surface area contributed by atoms with Crippen LogP contribution in [0.4, 0.5) is 5.69 Å². The number of amides is 1. The van der Waals surface area contributed by atoms with Crippen LogP contribution in [-0.4, -0.2) is 20.4 Å². The number of hydrogen-bond donors (Lipinski definition) is 2. The molecule has 0 bridgehead atoms. The van der Waals surface area contributed by atoms with Gasteiger partial charge in [-0.05, 0) is 38.1 Å². The Morgan fingerprint density at radius 1 is 1.00 bits per heavy atom. The molecule has 0 radical (unpaired) electrons. The summed E-state index contributed by atoms with van der Waals surface area (Å²) in [5.74, 6) is -0.414. The number of aryl methyl sites for hydroxylation is 1. The Labute approximate surface area is 130 Å². The molecule has 2 aromatic carbocycles. The summed E-state index contributed by atoms with van der Waals surface area (Å²) in [6.07, 6.45) is 0. The van der Waals surface area contributed by atoms with Crippen LogP contribution in [0.25, 0.3) is 0 Å². The molecule has 0 aromatic heterocycles. The minimum Gasteiger partial charge on any atom is -0.325 e. The van der Waals surface area contributed by atoms with Gasteiger partial charge in [0.05, 0.1) is 10.9 Å². The number of nitrogens with one attached hydrogen (secondary N) is 2. The van der Waals surface area contributed by atoms with E-state index in [9.17, 15) is 13.2 Å². The maximum Gasteiger partial charge on any atom is 0.242 e. The van der Waals surface area contributed by atoms with Crippen molar-refractivity contribution >= 4 is 21.6 Å². The molecular weight excluding hydrogens is 300 g/mol. The Morgan fingerprint density at radius 2 is 1.59 bits per heavy atom. The van der Waals surface area contributed by atoms with Crippen molar-refractivity contribution in [1.82, 2.24) is 4.72 Å². The van der Waals surface area contributed by atoms with Gasteiger partial charge in [-0.15, -0.1) is 0 Å². The minimum absolute atomic E-state index is 0.130. The predicted molar refractivity (Wildman–Crippen MR) is 86.0 cm³/mol. The lowest BCUT2D eigenvalue weighted by molar-refractivity contribution is -0.117. The largest absolute Gasteiger partial charge is 0.325 e. The van der Waals surface area contributed by atoms with Gasteiger partial charge < -0.3 is 5.32 Å². The van der Waals surface area contributed by atoms with Crippen molar-refractivity contribution in [2.24, 2.45) is 0 Å². The third kappa shape index (κ3) is 4.16. The Bertz CT molecular complexity index is 741. The summed E-state index contributed by atoms with van der Waals surface area (Å²) in [6.45, 7) is 3.45. The lowest BCUT2D eigenvalue weighted by Gasteiger charge is -2.14. The molecule has 0 aliphatic carbocycles. The molecule has 0 saturated carbocycles. The van der Waals surface area contributed by atoms with Crippen LogP contribution >= 0.6 is 0 Å². The first-order chi connectivity index (χ1) is 10.4. The highest BCUT2D eigenvalue weighted by atomic mass is 32.2. The molecule has 2 rings (SSSR count). The summed E-state index contributed by atoms with van der Waals surface area (Å²) in [5.41, 5.74) is 1.71. The van der Waals surface area contributed by atoms with Crippen LogP contribution in [0.15, 0.2) is 59.5 Å². The lowest BCUT2D eigenvalue weighted by Crippen LogP contribution is -2.41. The van der Waals surface area contributed by atoms with Crippen molar-refractivity contribution in [3.63, 3.8) is 0 Å². The molecule has 0 aliphatic rings. The molecule has 2 aromatic rings. The van der Waals surface area contributed by atoms with Gasteiger partial charge in [0, 0.05) is 5.69 Å². The van der Waals surface area contributed by atoms with Crippen LogP contribution < -0.4 is 10.0 Å². The van der Waals surface area contributed by atoms with Crippen LogP contribution in [0.2, 0.25) is 0 Å². The zero-order chi connectivity index (χ0) is 16.2. The van der Waals surface area contributed by atoms with Gasteiger partial charge in [-0.1, -0.05) is 35.9 Å². The number of hydrogen-bond acceptors (Lipinski definition) is 3. The van der Waals surface area contributed by atoms with Crippen LogP contribution in [0.5, 0.6) is 0 Å². The van der Waals surface area contributed by atoms with Crippen molar-refractivity contribution < 1.29 is 13.2 Å². The molecule has 0 aliphatic heterocycles. The van der Waals surface area contributed by atoms with E-state index in [0.717, 1.165) is 5.56 Å². The summed E-state index contributed by atoms with van der Waals surface area (Å²) in [6, 6.07) is 14.3. The maximum atomic E-state index is 12.2. The number of rotatable bonds is 5. The highest BCUT2D eigenvalue weighted by Gasteiger charge is 2.21. The first-order valence-electron chi connectivity index (χ1n) is 6.83. The zero-order valence-corrected chi connectivity index (χ0v) is 13.2. The van der Waals surface area contributed by atoms with Gasteiger partial charge in [0.15, 0.2) is 0 Å². The normalized spacial score (nSPS) is 12.6. The van der Waals surface area contributed by atoms with Crippen LogP contribution in [-0.2, 0) is 14.8 Å². The molecule has 1 atom stereocenters. The van der Waals surface area contributed by atoms with Gasteiger partial charge in [0.2, 0.25) is 15.9 Å². The highest BCUT2D eigenvalue weighted by Crippen LogP contribution is 2.11. The average Bonchev–Trinajstić information content (AvgIpc) is 2.50. The van der Waals surface area contributed by atoms with Gasteiger partial charge >= 0.3 is 0 Å². The minimum atomic E-state index is -3.71. The van der Waals surface area contributed by atoms with E-state index in [1.165, 1.54) is 19.1 Å². The Morgan fingerprint density at radius 3 is 2.18 bits per heavy atom. The van der Waals surface area contributed by atoms with E-state index < -0.39 is 22.0 Å². The molecule has 6 heteroatoms. The Hall–Kier alpha value is -2.18. The maximum absolute atomic E-state index is 12.2. The second kappa shape index (κ2) is 6.72. The van der Waals surface area contributed by atoms with Gasteiger partial charge in [-0.3, -0.25) is 4.79 Å². The highest BCUT2D eigenvalue weighted by molar-refractivity contribution is 7.89. The molecule has 1 amide bonds. The zero-order valence-electron chi connectivity index (χ0n) is 12.4. The molecule has 22 heavy (non-hydrogen) atoms. The van der Waals surface area contributed by atoms with E-state index in [-0.39, 0.29) is 4.90 Å². The third-order valence-electron chi connectivity index (χ3n) is 3.10. The third-order valence-corrected chi connectivity index (χ3v) is 4.65. The number of anilines is 1. The fourth-order valence-electron chi connectivity index (χ4n) is 1.84. The fraction of sp³-hybridized carbons (Fsp3) is 0.188. The smallest absolute Gasteiger partial charge is 0.242 e. The molecule has 0 spiro atoms. The fourth-order valence-corrected chi connectivity index (χ4v) is 3.07. The van der Waals surface area contributed by atoms with Crippen molar-refractivity contribution in [2.45, 2.75) is 24.8 Å². The number of carbonyl (C=O) groups is 1. The quantitative estimate of drug-likeness (QED) is 0.888. The van der Waals surface area contributed by atoms with E-state index >= 15 is 0 Å². The van der Waals surface area contributed by atoms with Gasteiger partial charge in [-0.2, -0.15) is 4.72 Å². The summed E-state index contributed by atoms with van der Waals surface area (Å²) in [5, 5.41) is 2.68. The van der Waals surface area contributed by atoms with Gasteiger partial charge in [-0.25, -0.2) is 8.42 Å². The van der Waals surface area contributed by atoms with Crippen molar-refractivity contribution in [2.75, 3.05) is 5.32 Å². The second-order valence-electron chi connectivity index (χ2n) is 5.01. The number of carbonyl (C=O) groups excluding carboxylic acids is 1. The first-order valence-corrected chi connectivity index (χ1v) is 8.32. The van der Waals surface area contributed by atoms with Crippen molar-refractivity contribution in [3.05, 3.63) is 60.2 Å². The second-order valence-corrected chi connectivity index (χ2v) is 6.73. The standard InChI is InChI=1S/C16H18N2O3S/c1-12-8-10-14(11-9-12)17-16(19)13(2)18-22(20,21)15-6-4-3-5-7-15/h3-11,13,18H,1-2H3,(H,17,19)/t13-/m1/s1. The Balaban J connectivity index is 2.04. The van der Waals surface area contributed by atoms with E-state index in [2.05, 4.69) is 10.0 Å². The van der Waals surface area contributed by atoms with E-state index in [1.54, 1.807) is 30.3 Å². The molecule has 0 fully saturated rings. The molecular formula is C16H18N2O3S.